The summed E-state index contributed by atoms with van der Waals surface area (Å²) in [7, 11) is 0. The van der Waals surface area contributed by atoms with Crippen molar-refractivity contribution in [1.82, 2.24) is 24.9 Å². The van der Waals surface area contributed by atoms with Gasteiger partial charge in [-0.3, -0.25) is 4.98 Å². The number of aromatic nitrogens is 5. The lowest BCUT2D eigenvalue weighted by Crippen LogP contribution is -2.47. The maximum absolute atomic E-state index is 10.4. The Morgan fingerprint density at radius 1 is 0.972 bits per heavy atom. The highest BCUT2D eigenvalue weighted by atomic mass is 16.3. The van der Waals surface area contributed by atoms with Crippen LogP contribution in [0.3, 0.4) is 0 Å². The third-order valence-corrected chi connectivity index (χ3v) is 6.64. The lowest BCUT2D eigenvalue weighted by molar-refractivity contribution is 0.00792. The van der Waals surface area contributed by atoms with Crippen molar-refractivity contribution in [2.45, 2.75) is 37.4 Å². The molecule has 2 fully saturated rings. The van der Waals surface area contributed by atoms with Crippen molar-refractivity contribution in [2.75, 3.05) is 23.3 Å². The number of aliphatic hydroxyl groups is 2. The Morgan fingerprint density at radius 2 is 1.78 bits per heavy atom. The number of piperidine rings is 1. The first-order valence-corrected chi connectivity index (χ1v) is 12.0. The summed E-state index contributed by atoms with van der Waals surface area (Å²) in [6.45, 7) is 0.878. The lowest BCUT2D eigenvalue weighted by atomic mass is 10.0. The summed E-state index contributed by atoms with van der Waals surface area (Å²) < 4.78 is 0. The fourth-order valence-electron chi connectivity index (χ4n) is 4.60. The lowest BCUT2D eigenvalue weighted by Gasteiger charge is -2.35. The van der Waals surface area contributed by atoms with Crippen LogP contribution in [0.15, 0.2) is 49.1 Å². The number of fused-ring (bicyclic) bond motifs is 1. The van der Waals surface area contributed by atoms with Crippen LogP contribution in [0.2, 0.25) is 0 Å². The summed E-state index contributed by atoms with van der Waals surface area (Å²) in [5, 5.41) is 33.7. The molecule has 0 aromatic carbocycles. The van der Waals surface area contributed by atoms with Gasteiger partial charge in [0.15, 0.2) is 5.82 Å². The van der Waals surface area contributed by atoms with Gasteiger partial charge >= 0.3 is 0 Å². The average Bonchev–Trinajstić information content (AvgIpc) is 3.75. The number of hydrogen-bond acceptors (Lipinski definition) is 10. The standard InChI is InChI=1S/C26H24N8O2/c27-11-15-3-6-29-22(9-15)32-23-10-17(4-7-30-23)25-31-19-13-28-12-18(16-1-2-16)24(19)26(33-25)34-8-5-20(35)21(36)14-34/h3-4,6-7,9-10,12-13,16,20-21,35-36H,1-2,5,8,14H2,(H,29,30,32)/t20-,21-/m1/s1. The van der Waals surface area contributed by atoms with Crippen LogP contribution in [0.4, 0.5) is 17.5 Å². The van der Waals surface area contributed by atoms with Gasteiger partial charge in [0.2, 0.25) is 0 Å². The molecule has 1 aliphatic carbocycles. The average molecular weight is 481 g/mol. The molecule has 5 heterocycles. The first-order chi connectivity index (χ1) is 17.6. The van der Waals surface area contributed by atoms with Crippen LogP contribution < -0.4 is 10.2 Å². The van der Waals surface area contributed by atoms with Gasteiger partial charge in [0.1, 0.15) is 17.5 Å². The van der Waals surface area contributed by atoms with Crippen LogP contribution >= 0.6 is 0 Å². The fourth-order valence-corrected chi connectivity index (χ4v) is 4.60. The molecule has 0 bridgehead atoms. The van der Waals surface area contributed by atoms with E-state index in [2.05, 4.69) is 26.3 Å². The first kappa shape index (κ1) is 22.3. The van der Waals surface area contributed by atoms with Crippen molar-refractivity contribution in [3.63, 3.8) is 0 Å². The molecule has 180 valence electrons. The predicted octanol–water partition coefficient (Wildman–Crippen LogP) is 2.91. The van der Waals surface area contributed by atoms with Gasteiger partial charge in [-0.05, 0) is 55.0 Å². The Balaban J connectivity index is 1.42. The van der Waals surface area contributed by atoms with E-state index >= 15 is 0 Å². The number of nitrogens with zero attached hydrogens (tertiary/aromatic N) is 7. The van der Waals surface area contributed by atoms with Crippen LogP contribution in [-0.2, 0) is 0 Å². The summed E-state index contributed by atoms with van der Waals surface area (Å²) in [4.78, 5) is 25.0. The molecule has 0 amide bonds. The molecule has 2 aliphatic rings. The Morgan fingerprint density at radius 3 is 2.56 bits per heavy atom. The summed E-state index contributed by atoms with van der Waals surface area (Å²) in [6.07, 6.45) is 8.00. The Bertz CT molecular complexity index is 1480. The highest BCUT2D eigenvalue weighted by molar-refractivity contribution is 5.94. The van der Waals surface area contributed by atoms with Gasteiger partial charge in [0.05, 0.1) is 35.6 Å². The molecule has 4 aromatic heterocycles. The fraction of sp³-hybridized carbons (Fsp3) is 0.308. The second-order valence-corrected chi connectivity index (χ2v) is 9.23. The summed E-state index contributed by atoms with van der Waals surface area (Å²) in [6, 6.07) is 9.06. The van der Waals surface area contributed by atoms with E-state index in [4.69, 9.17) is 15.2 Å². The third-order valence-electron chi connectivity index (χ3n) is 6.64. The van der Waals surface area contributed by atoms with Gasteiger partial charge < -0.3 is 20.4 Å². The molecule has 10 heteroatoms. The number of nitrogens with one attached hydrogen (secondary N) is 1. The van der Waals surface area contributed by atoms with Crippen LogP contribution in [-0.4, -0.2) is 60.4 Å². The second-order valence-electron chi connectivity index (χ2n) is 9.23. The van der Waals surface area contributed by atoms with Crippen molar-refractivity contribution >= 4 is 28.4 Å². The van der Waals surface area contributed by atoms with Crippen LogP contribution in [0.25, 0.3) is 22.3 Å². The van der Waals surface area contributed by atoms with E-state index in [1.807, 2.05) is 23.2 Å². The highest BCUT2D eigenvalue weighted by Gasteiger charge is 2.32. The number of anilines is 3. The monoisotopic (exact) mass is 480 g/mol. The molecule has 0 unspecified atom stereocenters. The first-order valence-electron chi connectivity index (χ1n) is 12.0. The van der Waals surface area contributed by atoms with Gasteiger partial charge in [-0.2, -0.15) is 5.26 Å². The minimum absolute atomic E-state index is 0.295. The van der Waals surface area contributed by atoms with Crippen molar-refractivity contribution < 1.29 is 10.2 Å². The van der Waals surface area contributed by atoms with Crippen molar-refractivity contribution in [3.05, 3.63) is 60.2 Å². The van der Waals surface area contributed by atoms with Crippen LogP contribution in [0.5, 0.6) is 0 Å². The Hall–Kier alpha value is -4.20. The van der Waals surface area contributed by atoms with E-state index < -0.39 is 12.2 Å². The van der Waals surface area contributed by atoms with Gasteiger partial charge in [-0.1, -0.05) is 0 Å². The van der Waals surface area contributed by atoms with Gasteiger partial charge in [0.25, 0.3) is 0 Å². The molecule has 6 rings (SSSR count). The summed E-state index contributed by atoms with van der Waals surface area (Å²) in [5.41, 5.74) is 3.13. The molecule has 4 aromatic rings. The molecule has 36 heavy (non-hydrogen) atoms. The smallest absolute Gasteiger partial charge is 0.162 e. The number of β-amino-alcohol motifs (C(OH)–C–C–N with tert-alkyl or cyclic N) is 1. The molecule has 0 radical (unpaired) electrons. The molecule has 2 atom stereocenters. The molecule has 1 saturated heterocycles. The highest BCUT2D eigenvalue weighted by Crippen LogP contribution is 2.45. The molecule has 1 aliphatic heterocycles. The van der Waals surface area contributed by atoms with Crippen molar-refractivity contribution in [2.24, 2.45) is 0 Å². The van der Waals surface area contributed by atoms with Crippen molar-refractivity contribution in [1.29, 1.82) is 5.26 Å². The minimum Gasteiger partial charge on any atom is -0.390 e. The van der Waals surface area contributed by atoms with E-state index in [1.165, 1.54) is 0 Å². The molecule has 1 saturated carbocycles. The molecule has 10 nitrogen and oxygen atoms in total. The SMILES string of the molecule is N#Cc1ccnc(Nc2cc(-c3nc(N4CC[C@@H](O)[C@H](O)C4)c4c(C5CC5)cncc4n3)ccn2)c1. The van der Waals surface area contributed by atoms with Gasteiger partial charge in [-0.15, -0.1) is 0 Å². The zero-order valence-corrected chi connectivity index (χ0v) is 19.4. The largest absolute Gasteiger partial charge is 0.390 e. The number of aliphatic hydroxyl groups excluding tert-OH is 2. The summed E-state index contributed by atoms with van der Waals surface area (Å²) in [5.74, 6) is 2.76. The number of pyridine rings is 3. The zero-order valence-electron chi connectivity index (χ0n) is 19.4. The van der Waals surface area contributed by atoms with E-state index in [0.717, 1.165) is 40.7 Å². The van der Waals surface area contributed by atoms with Crippen molar-refractivity contribution in [3.8, 4) is 17.5 Å². The Kier molecular flexibility index (Phi) is 5.64. The number of rotatable bonds is 5. The maximum Gasteiger partial charge on any atom is 0.162 e. The van der Waals surface area contributed by atoms with Crippen LogP contribution in [0.1, 0.15) is 36.3 Å². The molecule has 3 N–H and O–H groups in total. The predicted molar refractivity (Wildman–Crippen MR) is 134 cm³/mol. The number of nitriles is 1. The minimum atomic E-state index is -0.841. The maximum atomic E-state index is 10.4. The Labute approximate surface area is 207 Å². The quantitative estimate of drug-likeness (QED) is 0.390. The molecule has 0 spiro atoms. The zero-order chi connectivity index (χ0) is 24.6. The third kappa shape index (κ3) is 4.30. The topological polar surface area (TPSA) is 144 Å². The van der Waals surface area contributed by atoms with Gasteiger partial charge in [0, 0.05) is 42.6 Å². The van der Waals surface area contributed by atoms with E-state index in [-0.39, 0.29) is 0 Å². The number of hydrogen-bond donors (Lipinski definition) is 3. The van der Waals surface area contributed by atoms with E-state index in [9.17, 15) is 10.2 Å². The van der Waals surface area contributed by atoms with Crippen LogP contribution in [0, 0.1) is 11.3 Å². The second kappa shape index (κ2) is 9.11. The van der Waals surface area contributed by atoms with E-state index in [1.54, 1.807) is 30.7 Å². The molecular weight excluding hydrogens is 456 g/mol. The van der Waals surface area contributed by atoms with Gasteiger partial charge in [-0.25, -0.2) is 19.9 Å². The van der Waals surface area contributed by atoms with E-state index in [0.29, 0.717) is 48.5 Å². The normalized spacial score (nSPS) is 19.8. The molecular formula is C26H24N8O2. The summed E-state index contributed by atoms with van der Waals surface area (Å²) >= 11 is 0.